The predicted octanol–water partition coefficient (Wildman–Crippen LogP) is 1.32. The average molecular weight is 238 g/mol. The van der Waals surface area contributed by atoms with E-state index in [1.165, 1.54) is 0 Å². The monoisotopic (exact) mass is 238 g/mol. The summed E-state index contributed by atoms with van der Waals surface area (Å²) in [6.07, 6.45) is 0.994. The van der Waals surface area contributed by atoms with E-state index in [9.17, 15) is 0 Å². The Morgan fingerprint density at radius 1 is 1.24 bits per heavy atom. The summed E-state index contributed by atoms with van der Waals surface area (Å²) < 4.78 is 10.9. The van der Waals surface area contributed by atoms with E-state index in [0.717, 1.165) is 43.1 Å². The van der Waals surface area contributed by atoms with Crippen LogP contribution in [-0.4, -0.2) is 33.4 Å². The van der Waals surface area contributed by atoms with Crippen LogP contribution in [0.3, 0.4) is 0 Å². The maximum Gasteiger partial charge on any atom is 0.161 e. The molecule has 96 valence electrons. The minimum Gasteiger partial charge on any atom is -0.493 e. The van der Waals surface area contributed by atoms with Crippen molar-refractivity contribution in [2.75, 3.05) is 33.4 Å². The molecule has 0 unspecified atom stereocenters. The van der Waals surface area contributed by atoms with Gasteiger partial charge in [-0.25, -0.2) is 0 Å². The minimum atomic E-state index is 0.629. The Morgan fingerprint density at radius 2 is 2.06 bits per heavy atom. The first-order chi connectivity index (χ1) is 8.27. The van der Waals surface area contributed by atoms with E-state index in [4.69, 9.17) is 15.2 Å². The Hall–Kier alpha value is -1.26. The van der Waals surface area contributed by atoms with Gasteiger partial charge in [-0.2, -0.15) is 0 Å². The van der Waals surface area contributed by atoms with Crippen molar-refractivity contribution in [1.29, 1.82) is 0 Å². The van der Waals surface area contributed by atoms with Crippen LogP contribution < -0.4 is 20.5 Å². The van der Waals surface area contributed by atoms with Gasteiger partial charge in [0.1, 0.15) is 6.61 Å². The lowest BCUT2D eigenvalue weighted by molar-refractivity contribution is 0.292. The molecule has 0 amide bonds. The Labute approximate surface area is 103 Å². The standard InChI is InChI=1S/C13H22N2O2/c1-11-4-5-12(13(10-11)16-2)17-9-8-15-7-3-6-14/h4-5,10,15H,3,6-9,14H2,1-2H3. The van der Waals surface area contributed by atoms with Crippen molar-refractivity contribution < 1.29 is 9.47 Å². The summed E-state index contributed by atoms with van der Waals surface area (Å²) in [5.41, 5.74) is 6.56. The maximum absolute atomic E-state index is 5.64. The van der Waals surface area contributed by atoms with Crippen molar-refractivity contribution in [3.05, 3.63) is 23.8 Å². The van der Waals surface area contributed by atoms with Crippen LogP contribution in [0.15, 0.2) is 18.2 Å². The zero-order chi connectivity index (χ0) is 12.5. The topological polar surface area (TPSA) is 56.5 Å². The normalized spacial score (nSPS) is 10.3. The highest BCUT2D eigenvalue weighted by atomic mass is 16.5. The highest BCUT2D eigenvalue weighted by Crippen LogP contribution is 2.27. The number of hydrogen-bond acceptors (Lipinski definition) is 4. The third-order valence-corrected chi connectivity index (χ3v) is 2.41. The molecule has 0 heterocycles. The molecule has 1 aromatic carbocycles. The quantitative estimate of drug-likeness (QED) is 0.671. The van der Waals surface area contributed by atoms with Crippen LogP contribution in [-0.2, 0) is 0 Å². The molecule has 4 heteroatoms. The largest absolute Gasteiger partial charge is 0.493 e. The van der Waals surface area contributed by atoms with Crippen LogP contribution in [0.5, 0.6) is 11.5 Å². The summed E-state index contributed by atoms with van der Waals surface area (Å²) in [6, 6.07) is 5.92. The molecule has 0 aromatic heterocycles. The second-order valence-electron chi connectivity index (χ2n) is 3.90. The molecule has 1 rings (SSSR count). The first kappa shape index (κ1) is 13.8. The SMILES string of the molecule is COc1cc(C)ccc1OCCNCCCN. The molecule has 3 N–H and O–H groups in total. The van der Waals surface area contributed by atoms with E-state index < -0.39 is 0 Å². The van der Waals surface area contributed by atoms with Crippen LogP contribution in [0.2, 0.25) is 0 Å². The molecule has 0 aliphatic carbocycles. The van der Waals surface area contributed by atoms with Gasteiger partial charge in [-0.05, 0) is 44.1 Å². The third-order valence-electron chi connectivity index (χ3n) is 2.41. The number of methoxy groups -OCH3 is 1. The van der Waals surface area contributed by atoms with Crippen LogP contribution in [0.25, 0.3) is 0 Å². The van der Waals surface area contributed by atoms with E-state index in [1.807, 2.05) is 25.1 Å². The molecule has 17 heavy (non-hydrogen) atoms. The third kappa shape index (κ3) is 5.06. The predicted molar refractivity (Wildman–Crippen MR) is 69.8 cm³/mol. The maximum atomic E-state index is 5.64. The molecule has 0 spiro atoms. The summed E-state index contributed by atoms with van der Waals surface area (Å²) in [5, 5.41) is 3.26. The number of rotatable bonds is 8. The van der Waals surface area contributed by atoms with Gasteiger partial charge in [0.15, 0.2) is 11.5 Å². The first-order valence-corrected chi connectivity index (χ1v) is 5.96. The number of aryl methyl sites for hydroxylation is 1. The van der Waals surface area contributed by atoms with E-state index >= 15 is 0 Å². The lowest BCUT2D eigenvalue weighted by Gasteiger charge is -2.11. The number of nitrogens with two attached hydrogens (primary N) is 1. The van der Waals surface area contributed by atoms with Crippen molar-refractivity contribution in [3.8, 4) is 11.5 Å². The summed E-state index contributed by atoms with van der Waals surface area (Å²) in [5.74, 6) is 1.57. The van der Waals surface area contributed by atoms with Gasteiger partial charge >= 0.3 is 0 Å². The Balaban J connectivity index is 2.31. The molecule has 0 radical (unpaired) electrons. The van der Waals surface area contributed by atoms with E-state index in [1.54, 1.807) is 7.11 Å². The van der Waals surface area contributed by atoms with E-state index in [2.05, 4.69) is 5.32 Å². The molecule has 0 saturated carbocycles. The lowest BCUT2D eigenvalue weighted by Crippen LogP contribution is -2.23. The molecule has 0 saturated heterocycles. The van der Waals surface area contributed by atoms with Gasteiger partial charge in [-0.1, -0.05) is 6.07 Å². The zero-order valence-corrected chi connectivity index (χ0v) is 10.7. The first-order valence-electron chi connectivity index (χ1n) is 5.96. The van der Waals surface area contributed by atoms with Gasteiger partial charge in [-0.3, -0.25) is 0 Å². The van der Waals surface area contributed by atoms with Crippen molar-refractivity contribution >= 4 is 0 Å². The van der Waals surface area contributed by atoms with E-state index in [-0.39, 0.29) is 0 Å². The highest BCUT2D eigenvalue weighted by Gasteiger charge is 2.03. The Kier molecular flexibility index (Phi) is 6.43. The van der Waals surface area contributed by atoms with Crippen LogP contribution >= 0.6 is 0 Å². The molecular weight excluding hydrogens is 216 g/mol. The van der Waals surface area contributed by atoms with Crippen LogP contribution in [0, 0.1) is 6.92 Å². The summed E-state index contributed by atoms with van der Waals surface area (Å²) in [6.45, 7) is 5.13. The van der Waals surface area contributed by atoms with Gasteiger partial charge in [0.05, 0.1) is 7.11 Å². The Bertz CT molecular complexity index is 329. The molecular formula is C13H22N2O2. The molecule has 0 bridgehead atoms. The smallest absolute Gasteiger partial charge is 0.161 e. The van der Waals surface area contributed by atoms with Crippen molar-refractivity contribution in [2.45, 2.75) is 13.3 Å². The van der Waals surface area contributed by atoms with Gasteiger partial charge in [-0.15, -0.1) is 0 Å². The van der Waals surface area contributed by atoms with Crippen LogP contribution in [0.1, 0.15) is 12.0 Å². The second kappa shape index (κ2) is 7.92. The lowest BCUT2D eigenvalue weighted by atomic mass is 10.2. The zero-order valence-electron chi connectivity index (χ0n) is 10.7. The molecule has 0 aliphatic heterocycles. The molecule has 1 aromatic rings. The fraction of sp³-hybridized carbons (Fsp3) is 0.538. The fourth-order valence-electron chi connectivity index (χ4n) is 1.48. The molecule has 0 aliphatic rings. The second-order valence-corrected chi connectivity index (χ2v) is 3.90. The molecule has 0 atom stereocenters. The summed E-state index contributed by atoms with van der Waals surface area (Å²) in [4.78, 5) is 0. The number of nitrogens with one attached hydrogen (secondary N) is 1. The van der Waals surface area contributed by atoms with Gasteiger partial charge < -0.3 is 20.5 Å². The van der Waals surface area contributed by atoms with Crippen molar-refractivity contribution in [2.24, 2.45) is 5.73 Å². The average Bonchev–Trinajstić information content (AvgIpc) is 2.35. The summed E-state index contributed by atoms with van der Waals surface area (Å²) in [7, 11) is 1.65. The van der Waals surface area contributed by atoms with Crippen molar-refractivity contribution in [3.63, 3.8) is 0 Å². The van der Waals surface area contributed by atoms with Gasteiger partial charge in [0, 0.05) is 6.54 Å². The Morgan fingerprint density at radius 3 is 2.76 bits per heavy atom. The van der Waals surface area contributed by atoms with Crippen LogP contribution in [0.4, 0.5) is 0 Å². The summed E-state index contributed by atoms with van der Waals surface area (Å²) >= 11 is 0. The van der Waals surface area contributed by atoms with E-state index in [0.29, 0.717) is 6.61 Å². The number of benzene rings is 1. The molecule has 4 nitrogen and oxygen atoms in total. The minimum absolute atomic E-state index is 0.629. The molecule has 0 fully saturated rings. The number of hydrogen-bond donors (Lipinski definition) is 2. The highest BCUT2D eigenvalue weighted by molar-refractivity contribution is 5.42. The van der Waals surface area contributed by atoms with Gasteiger partial charge in [0.25, 0.3) is 0 Å². The van der Waals surface area contributed by atoms with Crippen molar-refractivity contribution in [1.82, 2.24) is 5.32 Å². The fourth-order valence-corrected chi connectivity index (χ4v) is 1.48. The number of ether oxygens (including phenoxy) is 2. The van der Waals surface area contributed by atoms with Gasteiger partial charge in [0.2, 0.25) is 0 Å².